The molecule has 3 aliphatic carbocycles. The van der Waals surface area contributed by atoms with E-state index in [4.69, 9.17) is 0 Å². The van der Waals surface area contributed by atoms with E-state index in [2.05, 4.69) is 302 Å². The average molecular weight is 980 g/mol. The van der Waals surface area contributed by atoms with Crippen LogP contribution in [0.3, 0.4) is 0 Å². The third kappa shape index (κ3) is 6.80. The van der Waals surface area contributed by atoms with Gasteiger partial charge in [-0.15, -0.1) is 0 Å². The Kier molecular flexibility index (Phi) is 10.5. The zero-order valence-corrected chi connectivity index (χ0v) is 42.7. The molecule has 0 saturated carbocycles. The molecule has 0 aliphatic heterocycles. The maximum atomic E-state index is 2.56. The van der Waals surface area contributed by atoms with Gasteiger partial charge in [-0.1, -0.05) is 267 Å². The van der Waals surface area contributed by atoms with E-state index in [-0.39, 0.29) is 0 Å². The Morgan fingerprint density at radius 1 is 0.247 bits per heavy atom. The fourth-order valence-electron chi connectivity index (χ4n) is 14.0. The summed E-state index contributed by atoms with van der Waals surface area (Å²) in [5.74, 6) is 0. The van der Waals surface area contributed by atoms with E-state index in [9.17, 15) is 0 Å². The molecule has 362 valence electrons. The molecule has 0 atom stereocenters. The second kappa shape index (κ2) is 18.1. The van der Waals surface area contributed by atoms with Crippen molar-refractivity contribution in [3.05, 3.63) is 364 Å². The Bertz CT molecular complexity index is 4120. The van der Waals surface area contributed by atoms with E-state index in [1.54, 1.807) is 0 Å². The Balaban J connectivity index is 0.979. The lowest BCUT2D eigenvalue weighted by molar-refractivity contribution is 0.768. The number of anilines is 3. The highest BCUT2D eigenvalue weighted by atomic mass is 15.1. The molecule has 0 radical (unpaired) electrons. The van der Waals surface area contributed by atoms with Crippen LogP contribution < -0.4 is 4.90 Å². The van der Waals surface area contributed by atoms with E-state index in [0.717, 1.165) is 29.9 Å². The molecule has 0 amide bonds. The van der Waals surface area contributed by atoms with Crippen molar-refractivity contribution in [3.63, 3.8) is 0 Å². The summed E-state index contributed by atoms with van der Waals surface area (Å²) in [7, 11) is 0. The minimum Gasteiger partial charge on any atom is -0.310 e. The van der Waals surface area contributed by atoms with Crippen LogP contribution in [0.5, 0.6) is 0 Å². The highest BCUT2D eigenvalue weighted by molar-refractivity contribution is 6.01. The largest absolute Gasteiger partial charge is 0.310 e. The van der Waals surface area contributed by atoms with Crippen LogP contribution in [0.1, 0.15) is 66.8 Å². The van der Waals surface area contributed by atoms with E-state index in [0.29, 0.717) is 0 Å². The van der Waals surface area contributed by atoms with Crippen molar-refractivity contribution < 1.29 is 0 Å². The molecular weight excluding hydrogens is 927 g/mol. The summed E-state index contributed by atoms with van der Waals surface area (Å²) >= 11 is 0. The van der Waals surface area contributed by atoms with Crippen LogP contribution in [0.15, 0.2) is 297 Å². The molecule has 0 bridgehead atoms. The van der Waals surface area contributed by atoms with Gasteiger partial charge in [0.2, 0.25) is 0 Å². The first-order valence-electron chi connectivity index (χ1n) is 27.1. The highest BCUT2D eigenvalue weighted by Crippen LogP contribution is 2.65. The van der Waals surface area contributed by atoms with Gasteiger partial charge in [0.1, 0.15) is 0 Å². The predicted octanol–water partition coefficient (Wildman–Crippen LogP) is 18.7. The van der Waals surface area contributed by atoms with Gasteiger partial charge in [-0.3, -0.25) is 0 Å². The molecule has 77 heavy (non-hydrogen) atoms. The molecule has 1 spiro atoms. The first-order valence-corrected chi connectivity index (χ1v) is 27.1. The monoisotopic (exact) mass is 979 g/mol. The fraction of sp³-hybridized carbons (Fsp3) is 0.0526. The summed E-state index contributed by atoms with van der Waals surface area (Å²) in [5, 5.41) is 0. The molecule has 1 heteroatoms. The number of hydrogen-bond donors (Lipinski definition) is 0. The standard InChI is InChI=1S/C76H53N/c1-4-23-52(24-5-1)49-54-27-10-11-30-60(54)61-48-47-59(51-55(61)50-53-25-6-2-7-26-53)77(58-45-43-57(44-46-58)75(56-28-8-3-9-29-56)67-36-17-12-31-62(67)63-32-13-18-37-68(63)75)73-42-22-41-72-74(73)66-35-16-21-40-71(66)76(72)69-38-19-14-33-64(69)65-34-15-20-39-70(65)76/h1-48,51H,49-50H2. The molecule has 15 rings (SSSR count). The van der Waals surface area contributed by atoms with Gasteiger partial charge in [-0.25, -0.2) is 0 Å². The molecule has 3 aliphatic rings. The van der Waals surface area contributed by atoms with Crippen molar-refractivity contribution in [3.8, 4) is 44.5 Å². The van der Waals surface area contributed by atoms with Crippen LogP contribution in [0.25, 0.3) is 44.5 Å². The molecule has 1 nitrogen and oxygen atoms in total. The summed E-state index contributed by atoms with van der Waals surface area (Å²) < 4.78 is 0. The lowest BCUT2D eigenvalue weighted by Gasteiger charge is -2.35. The summed E-state index contributed by atoms with van der Waals surface area (Å²) in [6.07, 6.45) is 1.63. The molecule has 0 N–H and O–H groups in total. The third-order valence-corrected chi connectivity index (χ3v) is 17.1. The van der Waals surface area contributed by atoms with Crippen LogP contribution in [-0.2, 0) is 23.7 Å². The van der Waals surface area contributed by atoms with Crippen molar-refractivity contribution in [2.45, 2.75) is 23.7 Å². The molecule has 0 unspecified atom stereocenters. The Morgan fingerprint density at radius 3 is 1.19 bits per heavy atom. The topological polar surface area (TPSA) is 3.24 Å². The number of nitrogens with zero attached hydrogens (tertiary/aromatic N) is 1. The molecular formula is C76H53N. The van der Waals surface area contributed by atoms with E-state index in [1.165, 1.54) is 111 Å². The number of benzene rings is 12. The van der Waals surface area contributed by atoms with Crippen LogP contribution in [-0.4, -0.2) is 0 Å². The second-order valence-electron chi connectivity index (χ2n) is 21.0. The van der Waals surface area contributed by atoms with Crippen molar-refractivity contribution in [2.75, 3.05) is 4.90 Å². The van der Waals surface area contributed by atoms with Crippen molar-refractivity contribution in [1.29, 1.82) is 0 Å². The van der Waals surface area contributed by atoms with Crippen LogP contribution in [0, 0.1) is 0 Å². The van der Waals surface area contributed by atoms with E-state index >= 15 is 0 Å². The maximum Gasteiger partial charge on any atom is 0.0726 e. The molecule has 0 aromatic heterocycles. The summed E-state index contributed by atoms with van der Waals surface area (Å²) in [6.45, 7) is 0. The zero-order valence-electron chi connectivity index (χ0n) is 42.7. The normalized spacial score (nSPS) is 13.5. The smallest absolute Gasteiger partial charge is 0.0726 e. The summed E-state index contributed by atoms with van der Waals surface area (Å²) in [5.41, 5.74) is 28.2. The van der Waals surface area contributed by atoms with Crippen molar-refractivity contribution >= 4 is 17.1 Å². The summed E-state index contributed by atoms with van der Waals surface area (Å²) in [4.78, 5) is 2.56. The molecule has 0 saturated heterocycles. The van der Waals surface area contributed by atoms with Gasteiger partial charge in [-0.05, 0) is 149 Å². The summed E-state index contributed by atoms with van der Waals surface area (Å²) in [6, 6.07) is 111. The van der Waals surface area contributed by atoms with Gasteiger partial charge < -0.3 is 4.90 Å². The minimum atomic E-state index is -0.516. The number of hydrogen-bond acceptors (Lipinski definition) is 1. The first-order chi connectivity index (χ1) is 38.2. The van der Waals surface area contributed by atoms with Gasteiger partial charge in [0, 0.05) is 16.9 Å². The van der Waals surface area contributed by atoms with E-state index in [1.807, 2.05) is 0 Å². The third-order valence-electron chi connectivity index (χ3n) is 17.1. The number of rotatable bonds is 10. The minimum absolute atomic E-state index is 0.485. The first kappa shape index (κ1) is 44.9. The Morgan fingerprint density at radius 2 is 0.636 bits per heavy atom. The number of fused-ring (bicyclic) bond motifs is 13. The lowest BCUT2D eigenvalue weighted by atomic mass is 9.67. The van der Waals surface area contributed by atoms with Gasteiger partial charge in [0.15, 0.2) is 0 Å². The molecule has 12 aromatic rings. The van der Waals surface area contributed by atoms with Gasteiger partial charge in [0.25, 0.3) is 0 Å². The van der Waals surface area contributed by atoms with E-state index < -0.39 is 10.8 Å². The average Bonchev–Trinajstić information content (AvgIpc) is 4.32. The van der Waals surface area contributed by atoms with Crippen LogP contribution >= 0.6 is 0 Å². The predicted molar refractivity (Wildman–Crippen MR) is 319 cm³/mol. The molecule has 12 aromatic carbocycles. The maximum absolute atomic E-state index is 2.56. The lowest BCUT2D eigenvalue weighted by Crippen LogP contribution is -2.28. The Labute approximate surface area is 451 Å². The van der Waals surface area contributed by atoms with Crippen LogP contribution in [0.2, 0.25) is 0 Å². The highest BCUT2D eigenvalue weighted by Gasteiger charge is 2.52. The van der Waals surface area contributed by atoms with Gasteiger partial charge >= 0.3 is 0 Å². The van der Waals surface area contributed by atoms with Crippen LogP contribution in [0.4, 0.5) is 17.1 Å². The van der Waals surface area contributed by atoms with Crippen molar-refractivity contribution in [2.24, 2.45) is 0 Å². The van der Waals surface area contributed by atoms with Gasteiger partial charge in [-0.2, -0.15) is 0 Å². The van der Waals surface area contributed by atoms with Crippen molar-refractivity contribution in [1.82, 2.24) is 0 Å². The molecule has 0 heterocycles. The fourth-order valence-corrected chi connectivity index (χ4v) is 14.0. The Hall–Kier alpha value is -9.56. The van der Waals surface area contributed by atoms with Gasteiger partial charge in [0.05, 0.1) is 16.5 Å². The quantitative estimate of drug-likeness (QED) is 0.132. The SMILES string of the molecule is c1ccc(Cc2ccccc2-c2ccc(N(c3ccc(C4(c5ccccc5)c5ccccc5-c5ccccc54)cc3)c3cccc4c3-c3ccccc3C43c4ccccc4-c4ccccc43)cc2Cc2ccccc2)cc1. The molecule has 0 fully saturated rings. The second-order valence-corrected chi connectivity index (χ2v) is 21.0. The zero-order chi connectivity index (χ0) is 50.9.